The van der Waals surface area contributed by atoms with Crippen molar-refractivity contribution in [1.29, 1.82) is 0 Å². The van der Waals surface area contributed by atoms with Crippen molar-refractivity contribution >= 4 is 0 Å². The number of aryl methyl sites for hydroxylation is 1. The van der Waals surface area contributed by atoms with Crippen molar-refractivity contribution in [2.45, 2.75) is 44.4 Å². The first-order valence-corrected chi connectivity index (χ1v) is 6.95. The molecule has 4 atom stereocenters. The van der Waals surface area contributed by atoms with Gasteiger partial charge in [-0.3, -0.25) is 13.9 Å². The van der Waals surface area contributed by atoms with Gasteiger partial charge in [0.1, 0.15) is 12.3 Å². The normalized spacial score (nSPS) is 26.3. The first kappa shape index (κ1) is 16.8. The second-order valence-corrected chi connectivity index (χ2v) is 5.37. The summed E-state index contributed by atoms with van der Waals surface area (Å²) in [7, 11) is 0. The first-order valence-electron chi connectivity index (χ1n) is 6.95. The molecule has 1 aliphatic heterocycles. The van der Waals surface area contributed by atoms with Gasteiger partial charge in [-0.15, -0.1) is 0 Å². The Balaban J connectivity index is 2.42. The molecular weight excluding hydrogens is 296 g/mol. The Bertz CT molecular complexity index is 638. The van der Waals surface area contributed by atoms with Crippen LogP contribution in [0.3, 0.4) is 0 Å². The van der Waals surface area contributed by atoms with Gasteiger partial charge in [0, 0.05) is 18.2 Å². The molecule has 0 saturated carbocycles. The second kappa shape index (κ2) is 6.71. The molecule has 0 amide bonds. The summed E-state index contributed by atoms with van der Waals surface area (Å²) < 4.78 is 7.38. The van der Waals surface area contributed by atoms with Gasteiger partial charge in [-0.25, -0.2) is 4.79 Å². The number of aliphatic hydroxyl groups excluding tert-OH is 4. The van der Waals surface area contributed by atoms with Gasteiger partial charge in [0.05, 0.1) is 32.0 Å². The molecular formula is C13H20N2O7. The molecule has 1 aromatic heterocycles. The molecule has 22 heavy (non-hydrogen) atoms. The molecule has 0 aromatic carbocycles. The molecule has 2 rings (SSSR count). The molecule has 9 heteroatoms. The Labute approximate surface area is 125 Å². The summed E-state index contributed by atoms with van der Waals surface area (Å²) in [5.41, 5.74) is -1.01. The molecule has 0 bridgehead atoms. The maximum Gasteiger partial charge on any atom is 0.333 e. The van der Waals surface area contributed by atoms with Crippen molar-refractivity contribution in [2.24, 2.45) is 0 Å². The molecule has 4 N–H and O–H groups in total. The van der Waals surface area contributed by atoms with Gasteiger partial charge < -0.3 is 25.2 Å². The van der Waals surface area contributed by atoms with Crippen molar-refractivity contribution in [3.05, 3.63) is 32.6 Å². The summed E-state index contributed by atoms with van der Waals surface area (Å²) in [5, 5.41) is 37.2. The Morgan fingerprint density at radius 3 is 2.64 bits per heavy atom. The Morgan fingerprint density at radius 2 is 2.09 bits per heavy atom. The maximum atomic E-state index is 12.4. The predicted octanol–water partition coefficient (Wildman–Crippen LogP) is -2.69. The van der Waals surface area contributed by atoms with Crippen LogP contribution >= 0.6 is 0 Å². The smallest absolute Gasteiger partial charge is 0.333 e. The molecule has 1 saturated heterocycles. The van der Waals surface area contributed by atoms with Crippen LogP contribution < -0.4 is 11.2 Å². The highest BCUT2D eigenvalue weighted by Crippen LogP contribution is 2.27. The van der Waals surface area contributed by atoms with E-state index in [-0.39, 0.29) is 25.1 Å². The number of aromatic nitrogens is 2. The van der Waals surface area contributed by atoms with E-state index < -0.39 is 42.4 Å². The molecule has 9 nitrogen and oxygen atoms in total. The highest BCUT2D eigenvalue weighted by molar-refractivity contribution is 5.04. The minimum atomic E-state index is -1.24. The average molecular weight is 316 g/mol. The summed E-state index contributed by atoms with van der Waals surface area (Å²) in [6.45, 7) is 0.211. The largest absolute Gasteiger partial charge is 0.394 e. The van der Waals surface area contributed by atoms with Gasteiger partial charge in [0.25, 0.3) is 5.56 Å². The van der Waals surface area contributed by atoms with E-state index >= 15 is 0 Å². The summed E-state index contributed by atoms with van der Waals surface area (Å²) in [4.78, 5) is 24.4. The van der Waals surface area contributed by atoms with E-state index in [1.807, 2.05) is 0 Å². The zero-order valence-corrected chi connectivity index (χ0v) is 12.1. The minimum absolute atomic E-state index is 0.103. The summed E-state index contributed by atoms with van der Waals surface area (Å²) in [6, 6.07) is 0. The molecule has 0 spiro atoms. The molecule has 1 fully saturated rings. The van der Waals surface area contributed by atoms with E-state index in [1.165, 1.54) is 13.1 Å². The van der Waals surface area contributed by atoms with Crippen LogP contribution in [0.1, 0.15) is 18.2 Å². The van der Waals surface area contributed by atoms with Crippen molar-refractivity contribution in [1.82, 2.24) is 9.13 Å². The molecule has 1 unspecified atom stereocenters. The quantitative estimate of drug-likeness (QED) is 0.465. The van der Waals surface area contributed by atoms with Crippen molar-refractivity contribution in [2.75, 3.05) is 13.2 Å². The summed E-state index contributed by atoms with van der Waals surface area (Å²) in [5.74, 6) is 0. The third-order valence-electron chi connectivity index (χ3n) is 3.67. The lowest BCUT2D eigenvalue weighted by Gasteiger charge is -2.18. The van der Waals surface area contributed by atoms with Crippen molar-refractivity contribution in [3.8, 4) is 0 Å². The zero-order chi connectivity index (χ0) is 16.4. The maximum absolute atomic E-state index is 12.4. The Hall–Kier alpha value is -1.52. The fraction of sp³-hybridized carbons (Fsp3) is 0.692. The number of hydrogen-bond donors (Lipinski definition) is 4. The van der Waals surface area contributed by atoms with Gasteiger partial charge in [-0.05, 0) is 6.92 Å². The standard InChI is InChI=1S/C13H20N2O7/c1-7-3-14(11-2-9(19)10(6-17)22-11)13(21)15(12(7)20)4-8(18)5-16/h3,8-11,16-19H,2,4-6H2,1H3/t8?,9-,10+,11+/m0/s1. The van der Waals surface area contributed by atoms with Crippen LogP contribution in [0.4, 0.5) is 0 Å². The number of rotatable bonds is 5. The molecule has 124 valence electrons. The van der Waals surface area contributed by atoms with E-state index in [4.69, 9.17) is 14.9 Å². The van der Waals surface area contributed by atoms with Crippen LogP contribution in [-0.2, 0) is 11.3 Å². The lowest BCUT2D eigenvalue weighted by atomic mass is 10.2. The van der Waals surface area contributed by atoms with E-state index in [0.29, 0.717) is 0 Å². The van der Waals surface area contributed by atoms with E-state index in [0.717, 1.165) is 9.13 Å². The van der Waals surface area contributed by atoms with Crippen LogP contribution in [0.25, 0.3) is 0 Å². The van der Waals surface area contributed by atoms with Crippen LogP contribution in [0.15, 0.2) is 15.8 Å². The zero-order valence-electron chi connectivity index (χ0n) is 12.1. The van der Waals surface area contributed by atoms with Gasteiger partial charge in [0.15, 0.2) is 0 Å². The predicted molar refractivity (Wildman–Crippen MR) is 74.4 cm³/mol. The highest BCUT2D eigenvalue weighted by atomic mass is 16.5. The number of hydrogen-bond acceptors (Lipinski definition) is 7. The van der Waals surface area contributed by atoms with E-state index in [2.05, 4.69) is 0 Å². The average Bonchev–Trinajstić information content (AvgIpc) is 2.87. The van der Waals surface area contributed by atoms with Crippen LogP contribution in [-0.4, -0.2) is 61.1 Å². The van der Waals surface area contributed by atoms with Crippen molar-refractivity contribution < 1.29 is 25.2 Å². The molecule has 0 aliphatic carbocycles. The third kappa shape index (κ3) is 3.13. The molecule has 2 heterocycles. The van der Waals surface area contributed by atoms with Crippen LogP contribution in [0.5, 0.6) is 0 Å². The van der Waals surface area contributed by atoms with E-state index in [9.17, 15) is 19.8 Å². The monoisotopic (exact) mass is 316 g/mol. The molecule has 0 radical (unpaired) electrons. The fourth-order valence-electron chi connectivity index (χ4n) is 2.44. The van der Waals surface area contributed by atoms with Crippen LogP contribution in [0, 0.1) is 6.92 Å². The Kier molecular flexibility index (Phi) is 5.14. The topological polar surface area (TPSA) is 134 Å². The fourth-order valence-corrected chi connectivity index (χ4v) is 2.44. The summed E-state index contributed by atoms with van der Waals surface area (Å²) in [6.07, 6.45) is -2.32. The van der Waals surface area contributed by atoms with Crippen molar-refractivity contribution in [3.63, 3.8) is 0 Å². The van der Waals surface area contributed by atoms with Gasteiger partial charge in [-0.2, -0.15) is 0 Å². The van der Waals surface area contributed by atoms with Gasteiger partial charge >= 0.3 is 5.69 Å². The number of nitrogens with zero attached hydrogens (tertiary/aromatic N) is 2. The van der Waals surface area contributed by atoms with Crippen LogP contribution in [0.2, 0.25) is 0 Å². The second-order valence-electron chi connectivity index (χ2n) is 5.37. The molecule has 1 aliphatic rings. The number of aliphatic hydroxyl groups is 4. The summed E-state index contributed by atoms with van der Waals surface area (Å²) >= 11 is 0. The SMILES string of the molecule is Cc1cn([C@H]2C[C@H](O)[C@@H](CO)O2)c(=O)n(CC(O)CO)c1=O. The third-order valence-corrected chi connectivity index (χ3v) is 3.67. The lowest BCUT2D eigenvalue weighted by Crippen LogP contribution is -2.44. The van der Waals surface area contributed by atoms with Gasteiger partial charge in [-0.1, -0.05) is 0 Å². The number of ether oxygens (including phenoxy) is 1. The minimum Gasteiger partial charge on any atom is -0.394 e. The first-order chi connectivity index (χ1) is 10.4. The van der Waals surface area contributed by atoms with E-state index in [1.54, 1.807) is 0 Å². The van der Waals surface area contributed by atoms with Gasteiger partial charge in [0.2, 0.25) is 0 Å². The lowest BCUT2D eigenvalue weighted by molar-refractivity contribution is -0.0466. The highest BCUT2D eigenvalue weighted by Gasteiger charge is 2.35. The Morgan fingerprint density at radius 1 is 1.41 bits per heavy atom. The molecule has 1 aromatic rings.